The van der Waals surface area contributed by atoms with Crippen LogP contribution >= 0.6 is 0 Å². The summed E-state index contributed by atoms with van der Waals surface area (Å²) in [5, 5.41) is 1.67. The highest BCUT2D eigenvalue weighted by molar-refractivity contribution is 5.68. The second kappa shape index (κ2) is 6.09. The van der Waals surface area contributed by atoms with Crippen LogP contribution in [0.5, 0.6) is 0 Å². The number of carbonyl (C=O) groups is 1. The van der Waals surface area contributed by atoms with Gasteiger partial charge in [0.2, 0.25) is 0 Å². The zero-order valence-corrected chi connectivity index (χ0v) is 9.41. The van der Waals surface area contributed by atoms with E-state index in [1.807, 2.05) is 0 Å². The van der Waals surface area contributed by atoms with Crippen LogP contribution in [0.3, 0.4) is 0 Å². The number of benzene rings is 1. The molecule has 0 saturated carbocycles. The third-order valence-corrected chi connectivity index (χ3v) is 2.07. The molecule has 6 heteroatoms. The van der Waals surface area contributed by atoms with E-state index in [0.29, 0.717) is 11.6 Å². The lowest BCUT2D eigenvalue weighted by Crippen LogP contribution is -2.44. The highest BCUT2D eigenvalue weighted by atomic mass is 19.4. The van der Waals surface area contributed by atoms with Gasteiger partial charge in [-0.3, -0.25) is 0 Å². The standard InChI is InChI=1S/C12H12F3NO2/c1-2-10(12(13,14)15)16-11(17)18-8-9-6-4-3-5-7-9/h2-7,10H,1,8H2,(H,16,17). The van der Waals surface area contributed by atoms with E-state index < -0.39 is 18.3 Å². The van der Waals surface area contributed by atoms with Gasteiger partial charge in [0.1, 0.15) is 12.6 Å². The molecule has 3 nitrogen and oxygen atoms in total. The Hall–Kier alpha value is -1.98. The third-order valence-electron chi connectivity index (χ3n) is 2.07. The van der Waals surface area contributed by atoms with Gasteiger partial charge in [0.25, 0.3) is 0 Å². The molecule has 0 fully saturated rings. The maximum Gasteiger partial charge on any atom is 0.412 e. The van der Waals surface area contributed by atoms with Gasteiger partial charge in [-0.2, -0.15) is 13.2 Å². The molecule has 0 heterocycles. The molecule has 0 aliphatic rings. The lowest BCUT2D eigenvalue weighted by Gasteiger charge is -2.17. The van der Waals surface area contributed by atoms with Crippen molar-refractivity contribution in [3.8, 4) is 0 Å². The number of halogens is 3. The van der Waals surface area contributed by atoms with Crippen molar-refractivity contribution in [2.45, 2.75) is 18.8 Å². The Balaban J connectivity index is 2.45. The van der Waals surface area contributed by atoms with Crippen LogP contribution in [-0.4, -0.2) is 18.3 Å². The number of ether oxygens (including phenoxy) is 1. The minimum atomic E-state index is -4.58. The van der Waals surface area contributed by atoms with E-state index in [4.69, 9.17) is 0 Å². The van der Waals surface area contributed by atoms with Crippen molar-refractivity contribution in [2.24, 2.45) is 0 Å². The summed E-state index contributed by atoms with van der Waals surface area (Å²) < 4.78 is 41.6. The van der Waals surface area contributed by atoms with Crippen molar-refractivity contribution < 1.29 is 22.7 Å². The molecule has 0 aliphatic carbocycles. The Kier molecular flexibility index (Phi) is 4.76. The summed E-state index contributed by atoms with van der Waals surface area (Å²) >= 11 is 0. The monoisotopic (exact) mass is 259 g/mol. The van der Waals surface area contributed by atoms with Gasteiger partial charge in [0, 0.05) is 0 Å². The van der Waals surface area contributed by atoms with E-state index in [1.54, 1.807) is 35.6 Å². The van der Waals surface area contributed by atoms with E-state index in [1.165, 1.54) is 0 Å². The summed E-state index contributed by atoms with van der Waals surface area (Å²) in [6.07, 6.45) is -5.11. The van der Waals surface area contributed by atoms with Crippen LogP contribution in [0.15, 0.2) is 43.0 Å². The van der Waals surface area contributed by atoms with Crippen LogP contribution in [0.1, 0.15) is 5.56 Å². The van der Waals surface area contributed by atoms with Gasteiger partial charge >= 0.3 is 12.3 Å². The average molecular weight is 259 g/mol. The number of hydrogen-bond donors (Lipinski definition) is 1. The molecular formula is C12H12F3NO2. The summed E-state index contributed by atoms with van der Waals surface area (Å²) in [6.45, 7) is 2.92. The molecule has 1 unspecified atom stereocenters. The van der Waals surface area contributed by atoms with Crippen molar-refractivity contribution in [2.75, 3.05) is 0 Å². The number of hydrogen-bond acceptors (Lipinski definition) is 2. The Bertz CT molecular complexity index is 404. The molecule has 0 spiro atoms. The van der Waals surface area contributed by atoms with E-state index in [9.17, 15) is 18.0 Å². The highest BCUT2D eigenvalue weighted by Crippen LogP contribution is 2.20. The minimum Gasteiger partial charge on any atom is -0.445 e. The van der Waals surface area contributed by atoms with Gasteiger partial charge in [0.05, 0.1) is 0 Å². The van der Waals surface area contributed by atoms with Crippen LogP contribution in [-0.2, 0) is 11.3 Å². The van der Waals surface area contributed by atoms with Crippen molar-refractivity contribution >= 4 is 6.09 Å². The van der Waals surface area contributed by atoms with E-state index in [2.05, 4.69) is 11.3 Å². The van der Waals surface area contributed by atoms with Crippen LogP contribution in [0.2, 0.25) is 0 Å². The number of amides is 1. The quantitative estimate of drug-likeness (QED) is 0.844. The summed E-state index contributed by atoms with van der Waals surface area (Å²) in [5.74, 6) is 0. The van der Waals surface area contributed by atoms with E-state index >= 15 is 0 Å². The van der Waals surface area contributed by atoms with Gasteiger partial charge in [-0.15, -0.1) is 6.58 Å². The smallest absolute Gasteiger partial charge is 0.412 e. The molecule has 1 amide bonds. The number of rotatable bonds is 4. The summed E-state index contributed by atoms with van der Waals surface area (Å²) in [4.78, 5) is 11.2. The predicted octanol–water partition coefficient (Wildman–Crippen LogP) is 3.03. The first-order chi connectivity index (χ1) is 8.43. The Labute approximate surface area is 102 Å². The molecule has 0 aliphatic heterocycles. The molecule has 0 bridgehead atoms. The van der Waals surface area contributed by atoms with Gasteiger partial charge in [-0.25, -0.2) is 4.79 Å². The number of alkyl carbamates (subject to hydrolysis) is 1. The molecule has 98 valence electrons. The molecule has 1 aromatic rings. The Morgan fingerprint density at radius 3 is 2.50 bits per heavy atom. The minimum absolute atomic E-state index is 0.0889. The summed E-state index contributed by atoms with van der Waals surface area (Å²) in [6, 6.07) is 6.53. The fourth-order valence-electron chi connectivity index (χ4n) is 1.17. The number of alkyl halides is 3. The van der Waals surface area contributed by atoms with Gasteiger partial charge in [-0.1, -0.05) is 36.4 Å². The first-order valence-electron chi connectivity index (χ1n) is 5.10. The SMILES string of the molecule is C=CC(NC(=O)OCc1ccccc1)C(F)(F)F. The molecule has 0 aromatic heterocycles. The van der Waals surface area contributed by atoms with Crippen LogP contribution in [0.25, 0.3) is 0 Å². The van der Waals surface area contributed by atoms with Crippen molar-refractivity contribution in [3.05, 3.63) is 48.6 Å². The number of carbonyl (C=O) groups excluding carboxylic acids is 1. The number of nitrogens with one attached hydrogen (secondary N) is 1. The second-order valence-electron chi connectivity index (χ2n) is 3.46. The molecule has 1 aromatic carbocycles. The fourth-order valence-corrected chi connectivity index (χ4v) is 1.17. The van der Waals surface area contributed by atoms with E-state index in [0.717, 1.165) is 0 Å². The molecule has 0 radical (unpaired) electrons. The van der Waals surface area contributed by atoms with Crippen molar-refractivity contribution in [1.82, 2.24) is 5.32 Å². The third kappa shape index (κ3) is 4.48. The first kappa shape index (κ1) is 14.1. The zero-order valence-electron chi connectivity index (χ0n) is 9.41. The lowest BCUT2D eigenvalue weighted by atomic mass is 10.2. The van der Waals surface area contributed by atoms with Crippen LogP contribution in [0.4, 0.5) is 18.0 Å². The predicted molar refractivity (Wildman–Crippen MR) is 59.8 cm³/mol. The molecule has 0 saturated heterocycles. The molecule has 1 atom stereocenters. The average Bonchev–Trinajstić information content (AvgIpc) is 2.33. The van der Waals surface area contributed by atoms with Crippen molar-refractivity contribution in [1.29, 1.82) is 0 Å². The van der Waals surface area contributed by atoms with E-state index in [-0.39, 0.29) is 6.61 Å². The maximum absolute atomic E-state index is 12.3. The molecule has 1 rings (SSSR count). The Morgan fingerprint density at radius 2 is 2.00 bits per heavy atom. The largest absolute Gasteiger partial charge is 0.445 e. The zero-order chi connectivity index (χ0) is 13.6. The topological polar surface area (TPSA) is 38.3 Å². The lowest BCUT2D eigenvalue weighted by molar-refractivity contribution is -0.143. The fraction of sp³-hybridized carbons (Fsp3) is 0.250. The van der Waals surface area contributed by atoms with Crippen molar-refractivity contribution in [3.63, 3.8) is 0 Å². The maximum atomic E-state index is 12.3. The van der Waals surface area contributed by atoms with Gasteiger partial charge in [0.15, 0.2) is 0 Å². The van der Waals surface area contributed by atoms with Crippen LogP contribution < -0.4 is 5.32 Å². The highest BCUT2D eigenvalue weighted by Gasteiger charge is 2.38. The molecular weight excluding hydrogens is 247 g/mol. The van der Waals surface area contributed by atoms with Crippen LogP contribution in [0, 0.1) is 0 Å². The normalized spacial score (nSPS) is 12.6. The second-order valence-corrected chi connectivity index (χ2v) is 3.46. The van der Waals surface area contributed by atoms with Gasteiger partial charge < -0.3 is 10.1 Å². The molecule has 1 N–H and O–H groups in total. The Morgan fingerprint density at radius 1 is 1.39 bits per heavy atom. The first-order valence-corrected chi connectivity index (χ1v) is 5.10. The molecule has 18 heavy (non-hydrogen) atoms. The summed E-state index contributed by atoms with van der Waals surface area (Å²) in [5.41, 5.74) is 0.690. The summed E-state index contributed by atoms with van der Waals surface area (Å²) in [7, 11) is 0. The van der Waals surface area contributed by atoms with Gasteiger partial charge in [-0.05, 0) is 5.56 Å².